The topological polar surface area (TPSA) is 56.8 Å². The van der Waals surface area contributed by atoms with Crippen LogP contribution >= 0.6 is 23.0 Å². The zero-order valence-electron chi connectivity index (χ0n) is 7.07. The number of nitriles is 2. The SMILES string of the molecule is N#CC(C#N)=Cc1ccc(OI)cc1. The van der Waals surface area contributed by atoms with Gasteiger partial charge in [-0.25, -0.2) is 0 Å². The highest BCUT2D eigenvalue weighted by atomic mass is 127. The first-order chi connectivity index (χ1) is 6.80. The zero-order chi connectivity index (χ0) is 10.4. The molecule has 0 fully saturated rings. The molecule has 0 aromatic heterocycles. The van der Waals surface area contributed by atoms with Gasteiger partial charge in [0.1, 0.15) is 23.5 Å². The van der Waals surface area contributed by atoms with E-state index in [-0.39, 0.29) is 5.57 Å². The van der Waals surface area contributed by atoms with Crippen LogP contribution in [0.2, 0.25) is 0 Å². The lowest BCUT2D eigenvalue weighted by atomic mass is 10.1. The highest BCUT2D eigenvalue weighted by Gasteiger charge is 1.94. The number of rotatable bonds is 2. The van der Waals surface area contributed by atoms with E-state index in [9.17, 15) is 0 Å². The van der Waals surface area contributed by atoms with E-state index in [1.165, 1.54) is 6.08 Å². The molecule has 3 nitrogen and oxygen atoms in total. The summed E-state index contributed by atoms with van der Waals surface area (Å²) in [6.45, 7) is 0. The van der Waals surface area contributed by atoms with Crippen LogP contribution in [0.4, 0.5) is 0 Å². The second-order valence-electron chi connectivity index (χ2n) is 2.43. The number of benzene rings is 1. The lowest BCUT2D eigenvalue weighted by molar-refractivity contribution is 0.717. The van der Waals surface area contributed by atoms with Gasteiger partial charge >= 0.3 is 0 Å². The van der Waals surface area contributed by atoms with E-state index in [2.05, 4.69) is 0 Å². The summed E-state index contributed by atoms with van der Waals surface area (Å²) in [6.07, 6.45) is 1.52. The highest BCUT2D eigenvalue weighted by molar-refractivity contribution is 14.1. The van der Waals surface area contributed by atoms with Crippen molar-refractivity contribution in [2.45, 2.75) is 0 Å². The molecule has 0 N–H and O–H groups in total. The van der Waals surface area contributed by atoms with E-state index in [1.807, 2.05) is 0 Å². The Morgan fingerprint density at radius 2 is 1.79 bits per heavy atom. The van der Waals surface area contributed by atoms with Crippen LogP contribution in [0.25, 0.3) is 6.08 Å². The minimum Gasteiger partial charge on any atom is -0.428 e. The Morgan fingerprint density at radius 1 is 1.21 bits per heavy atom. The average molecular weight is 296 g/mol. The summed E-state index contributed by atoms with van der Waals surface area (Å²) < 4.78 is 4.95. The van der Waals surface area contributed by atoms with Gasteiger partial charge in [0.05, 0.1) is 0 Å². The Hall–Kier alpha value is -1.53. The molecule has 4 heteroatoms. The molecule has 0 bridgehead atoms. The predicted molar refractivity (Wildman–Crippen MR) is 60.3 cm³/mol. The minimum atomic E-state index is 0.0909. The first-order valence-corrected chi connectivity index (χ1v) is 4.59. The molecule has 0 heterocycles. The van der Waals surface area contributed by atoms with Crippen molar-refractivity contribution in [1.29, 1.82) is 10.5 Å². The fourth-order valence-corrected chi connectivity index (χ4v) is 1.17. The molecular weight excluding hydrogens is 291 g/mol. The van der Waals surface area contributed by atoms with Gasteiger partial charge in [-0.15, -0.1) is 0 Å². The first-order valence-electron chi connectivity index (χ1n) is 3.70. The molecule has 0 atom stereocenters. The Morgan fingerprint density at radius 3 is 2.21 bits per heavy atom. The molecular formula is C10H5IN2O. The number of allylic oxidation sites excluding steroid dienone is 1. The van der Waals surface area contributed by atoms with Crippen LogP contribution in [-0.4, -0.2) is 0 Å². The van der Waals surface area contributed by atoms with Crippen LogP contribution in [0, 0.1) is 22.7 Å². The standard InChI is InChI=1S/C10H5IN2O/c11-14-10-3-1-8(2-4-10)5-9(6-12)7-13/h1-5H. The van der Waals surface area contributed by atoms with Gasteiger partial charge in [-0.3, -0.25) is 0 Å². The van der Waals surface area contributed by atoms with E-state index < -0.39 is 0 Å². The number of hydrogen-bond donors (Lipinski definition) is 0. The molecule has 0 unspecified atom stereocenters. The molecule has 14 heavy (non-hydrogen) atoms. The lowest BCUT2D eigenvalue weighted by Crippen LogP contribution is -1.77. The van der Waals surface area contributed by atoms with Crippen molar-refractivity contribution in [2.24, 2.45) is 0 Å². The van der Waals surface area contributed by atoms with Crippen molar-refractivity contribution >= 4 is 29.1 Å². The van der Waals surface area contributed by atoms with Gasteiger partial charge in [0.2, 0.25) is 0 Å². The predicted octanol–water partition coefficient (Wildman–Crippen LogP) is 2.85. The van der Waals surface area contributed by atoms with E-state index >= 15 is 0 Å². The summed E-state index contributed by atoms with van der Waals surface area (Å²) in [6, 6.07) is 10.7. The summed E-state index contributed by atoms with van der Waals surface area (Å²) in [7, 11) is 0. The third-order valence-corrected chi connectivity index (χ3v) is 2.03. The maximum Gasteiger partial charge on any atom is 0.192 e. The van der Waals surface area contributed by atoms with Crippen LogP contribution in [0.5, 0.6) is 5.75 Å². The molecule has 1 rings (SSSR count). The smallest absolute Gasteiger partial charge is 0.192 e. The van der Waals surface area contributed by atoms with Gasteiger partial charge in [-0.1, -0.05) is 12.1 Å². The Bertz CT molecular complexity index is 407. The molecule has 0 spiro atoms. The van der Waals surface area contributed by atoms with Crippen molar-refractivity contribution in [2.75, 3.05) is 0 Å². The van der Waals surface area contributed by atoms with Crippen LogP contribution in [0.3, 0.4) is 0 Å². The maximum atomic E-state index is 8.52. The van der Waals surface area contributed by atoms with E-state index in [0.717, 1.165) is 11.3 Å². The molecule has 0 radical (unpaired) electrons. The molecule has 0 saturated carbocycles. The van der Waals surface area contributed by atoms with E-state index in [1.54, 1.807) is 59.4 Å². The van der Waals surface area contributed by atoms with Crippen molar-refractivity contribution in [3.05, 3.63) is 35.4 Å². The van der Waals surface area contributed by atoms with Crippen LogP contribution in [0.1, 0.15) is 5.56 Å². The summed E-state index contributed by atoms with van der Waals surface area (Å²) >= 11 is 1.79. The summed E-state index contributed by atoms with van der Waals surface area (Å²) in [5, 5.41) is 17.0. The molecule has 0 amide bonds. The van der Waals surface area contributed by atoms with Crippen molar-refractivity contribution in [3.63, 3.8) is 0 Å². The van der Waals surface area contributed by atoms with E-state index in [4.69, 9.17) is 13.6 Å². The normalized spacial score (nSPS) is 8.21. The molecule has 0 saturated heterocycles. The van der Waals surface area contributed by atoms with Crippen LogP contribution < -0.4 is 3.07 Å². The Balaban J connectivity index is 2.95. The highest BCUT2D eigenvalue weighted by Crippen LogP contribution is 2.15. The largest absolute Gasteiger partial charge is 0.428 e. The molecule has 0 aliphatic rings. The summed E-state index contributed by atoms with van der Waals surface area (Å²) in [4.78, 5) is 0. The zero-order valence-corrected chi connectivity index (χ0v) is 9.22. The first kappa shape index (κ1) is 10.6. The third kappa shape index (κ3) is 2.75. The van der Waals surface area contributed by atoms with Crippen molar-refractivity contribution < 1.29 is 3.07 Å². The Labute approximate surface area is 95.9 Å². The van der Waals surface area contributed by atoms with E-state index in [0.29, 0.717) is 0 Å². The third-order valence-electron chi connectivity index (χ3n) is 1.52. The Kier molecular flexibility index (Phi) is 3.96. The van der Waals surface area contributed by atoms with Crippen LogP contribution in [-0.2, 0) is 0 Å². The monoisotopic (exact) mass is 296 g/mol. The van der Waals surface area contributed by atoms with Gasteiger partial charge in [-0.2, -0.15) is 10.5 Å². The van der Waals surface area contributed by atoms with Gasteiger partial charge in [0.15, 0.2) is 23.0 Å². The minimum absolute atomic E-state index is 0.0909. The van der Waals surface area contributed by atoms with Crippen molar-refractivity contribution in [3.8, 4) is 17.9 Å². The molecule has 1 aromatic rings. The quantitative estimate of drug-likeness (QED) is 0.623. The summed E-state index contributed by atoms with van der Waals surface area (Å²) in [5.41, 5.74) is 0.897. The van der Waals surface area contributed by atoms with Crippen molar-refractivity contribution in [1.82, 2.24) is 0 Å². The van der Waals surface area contributed by atoms with Gasteiger partial charge in [0, 0.05) is 0 Å². The second-order valence-corrected chi connectivity index (χ2v) is 2.87. The summed E-state index contributed by atoms with van der Waals surface area (Å²) in [5.74, 6) is 0.734. The second kappa shape index (κ2) is 5.25. The molecule has 0 aliphatic heterocycles. The van der Waals surface area contributed by atoms with Gasteiger partial charge in [0.25, 0.3) is 0 Å². The number of halogens is 1. The number of nitrogens with zero attached hydrogens (tertiary/aromatic N) is 2. The molecule has 1 aromatic carbocycles. The maximum absolute atomic E-state index is 8.52. The fraction of sp³-hybridized carbons (Fsp3) is 0. The number of hydrogen-bond acceptors (Lipinski definition) is 3. The average Bonchev–Trinajstić information content (AvgIpc) is 2.26. The molecule has 0 aliphatic carbocycles. The van der Waals surface area contributed by atoms with Gasteiger partial charge in [-0.05, 0) is 23.8 Å². The van der Waals surface area contributed by atoms with Crippen LogP contribution in [0.15, 0.2) is 29.8 Å². The molecule has 68 valence electrons. The lowest BCUT2D eigenvalue weighted by Gasteiger charge is -1.96. The fourth-order valence-electron chi connectivity index (χ4n) is 0.872. The van der Waals surface area contributed by atoms with Gasteiger partial charge < -0.3 is 3.07 Å².